The van der Waals surface area contributed by atoms with Crippen LogP contribution in [0.1, 0.15) is 49.0 Å². The average molecular weight is 290 g/mol. The third-order valence-electron chi connectivity index (χ3n) is 4.92. The van der Waals surface area contributed by atoms with Gasteiger partial charge in [-0.05, 0) is 43.7 Å². The molecule has 2 aliphatic rings. The highest BCUT2D eigenvalue weighted by molar-refractivity contribution is 5.87. The molecule has 2 atom stereocenters. The van der Waals surface area contributed by atoms with Gasteiger partial charge in [0.15, 0.2) is 0 Å². The summed E-state index contributed by atoms with van der Waals surface area (Å²) in [4.78, 5) is 25.7. The quantitative estimate of drug-likeness (QED) is 0.929. The highest BCUT2D eigenvalue weighted by Crippen LogP contribution is 2.35. The summed E-state index contributed by atoms with van der Waals surface area (Å²) in [6.45, 7) is 0.960. The molecule has 1 aliphatic carbocycles. The normalized spacial score (nSPS) is 25.4. The first-order chi connectivity index (χ1) is 10.2. The molecular weight excluding hydrogens is 268 g/mol. The van der Waals surface area contributed by atoms with Crippen molar-refractivity contribution in [3.8, 4) is 0 Å². The molecule has 5 nitrogen and oxygen atoms in total. The third kappa shape index (κ3) is 2.82. The van der Waals surface area contributed by atoms with Crippen LogP contribution in [0, 0.1) is 5.92 Å². The largest absolute Gasteiger partial charge is 0.477 e. The Balaban J connectivity index is 1.72. The van der Waals surface area contributed by atoms with Gasteiger partial charge < -0.3 is 14.6 Å². The molecule has 2 fully saturated rings. The van der Waals surface area contributed by atoms with Crippen LogP contribution in [0.5, 0.6) is 0 Å². The number of hydrogen-bond acceptors (Lipinski definition) is 2. The fourth-order valence-corrected chi connectivity index (χ4v) is 3.92. The van der Waals surface area contributed by atoms with E-state index in [0.29, 0.717) is 12.0 Å². The Bertz CT molecular complexity index is 535. The van der Waals surface area contributed by atoms with Crippen LogP contribution >= 0.6 is 0 Å². The van der Waals surface area contributed by atoms with Crippen LogP contribution in [-0.4, -0.2) is 39.0 Å². The van der Waals surface area contributed by atoms with Crippen molar-refractivity contribution in [1.82, 2.24) is 9.47 Å². The monoisotopic (exact) mass is 290 g/mol. The van der Waals surface area contributed by atoms with E-state index in [9.17, 15) is 9.59 Å². The number of amides is 1. The molecule has 0 radical (unpaired) electrons. The average Bonchev–Trinajstić information content (AvgIpc) is 2.95. The van der Waals surface area contributed by atoms with E-state index in [1.165, 1.54) is 36.3 Å². The Morgan fingerprint density at radius 2 is 1.95 bits per heavy atom. The number of hydrogen-bond donors (Lipinski definition) is 1. The topological polar surface area (TPSA) is 62.5 Å². The third-order valence-corrected chi connectivity index (χ3v) is 4.92. The number of aromatic carboxylic acids is 1. The van der Waals surface area contributed by atoms with Crippen LogP contribution < -0.4 is 0 Å². The molecule has 2 unspecified atom stereocenters. The number of likely N-dealkylation sites (tertiary alicyclic amines) is 1. The van der Waals surface area contributed by atoms with Crippen LogP contribution in [0.25, 0.3) is 0 Å². The summed E-state index contributed by atoms with van der Waals surface area (Å²) in [6, 6.07) is 3.59. The Labute approximate surface area is 124 Å². The van der Waals surface area contributed by atoms with Gasteiger partial charge in [-0.1, -0.05) is 12.8 Å². The van der Waals surface area contributed by atoms with Crippen LogP contribution in [-0.2, 0) is 11.3 Å². The minimum atomic E-state index is -0.984. The molecule has 1 aromatic heterocycles. The van der Waals surface area contributed by atoms with Crippen molar-refractivity contribution >= 4 is 11.9 Å². The van der Waals surface area contributed by atoms with E-state index >= 15 is 0 Å². The standard InChI is InChI=1S/C16H22N2O3/c19-15(11-17-9-4-8-14(17)16(20)21)18-10-3-6-12-5-1-2-7-13(12)18/h4,8-9,12-13H,1-3,5-7,10-11H2,(H,20,21). The molecule has 0 spiro atoms. The lowest BCUT2D eigenvalue weighted by molar-refractivity contribution is -0.138. The van der Waals surface area contributed by atoms with Gasteiger partial charge in [0.2, 0.25) is 5.91 Å². The number of fused-ring (bicyclic) bond motifs is 1. The van der Waals surface area contributed by atoms with Gasteiger partial charge in [-0.15, -0.1) is 0 Å². The van der Waals surface area contributed by atoms with E-state index in [1.54, 1.807) is 12.3 Å². The lowest BCUT2D eigenvalue weighted by atomic mass is 9.78. The summed E-state index contributed by atoms with van der Waals surface area (Å²) in [5.41, 5.74) is 0.181. The summed E-state index contributed by atoms with van der Waals surface area (Å²) in [5.74, 6) is -0.271. The van der Waals surface area contributed by atoms with Crippen molar-refractivity contribution in [2.45, 2.75) is 51.1 Å². The van der Waals surface area contributed by atoms with Gasteiger partial charge in [-0.2, -0.15) is 0 Å². The van der Waals surface area contributed by atoms with Crippen molar-refractivity contribution < 1.29 is 14.7 Å². The van der Waals surface area contributed by atoms with Crippen LogP contribution in [0.2, 0.25) is 0 Å². The predicted molar refractivity (Wildman–Crippen MR) is 78.1 cm³/mol. The first kappa shape index (κ1) is 14.2. The van der Waals surface area contributed by atoms with Gasteiger partial charge in [-0.25, -0.2) is 4.79 Å². The molecule has 1 saturated heterocycles. The van der Waals surface area contributed by atoms with Crippen molar-refractivity contribution in [2.75, 3.05) is 6.54 Å². The predicted octanol–water partition coefficient (Wildman–Crippen LogP) is 2.37. The van der Waals surface area contributed by atoms with E-state index < -0.39 is 5.97 Å². The molecule has 5 heteroatoms. The summed E-state index contributed by atoms with van der Waals surface area (Å²) in [7, 11) is 0. The minimum Gasteiger partial charge on any atom is -0.477 e. The summed E-state index contributed by atoms with van der Waals surface area (Å²) < 4.78 is 1.54. The van der Waals surface area contributed by atoms with Gasteiger partial charge in [0.1, 0.15) is 12.2 Å². The highest BCUT2D eigenvalue weighted by Gasteiger charge is 2.35. The van der Waals surface area contributed by atoms with E-state index in [-0.39, 0.29) is 18.1 Å². The van der Waals surface area contributed by atoms with Crippen LogP contribution in [0.4, 0.5) is 0 Å². The van der Waals surface area contributed by atoms with Crippen molar-refractivity contribution in [2.24, 2.45) is 5.92 Å². The number of rotatable bonds is 3. The maximum atomic E-state index is 12.6. The van der Waals surface area contributed by atoms with Gasteiger partial charge in [0.05, 0.1) is 0 Å². The summed E-state index contributed by atoms with van der Waals surface area (Å²) in [5, 5.41) is 9.12. The number of carbonyl (C=O) groups is 2. The molecule has 1 aromatic rings. The fourth-order valence-electron chi connectivity index (χ4n) is 3.92. The zero-order valence-electron chi connectivity index (χ0n) is 12.2. The Hall–Kier alpha value is -1.78. The van der Waals surface area contributed by atoms with Crippen LogP contribution in [0.15, 0.2) is 18.3 Å². The van der Waals surface area contributed by atoms with Gasteiger partial charge in [0.25, 0.3) is 0 Å². The van der Waals surface area contributed by atoms with Crippen molar-refractivity contribution in [1.29, 1.82) is 0 Å². The molecule has 1 N–H and O–H groups in total. The molecule has 114 valence electrons. The number of nitrogens with zero attached hydrogens (tertiary/aromatic N) is 2. The first-order valence-corrected chi connectivity index (χ1v) is 7.84. The van der Waals surface area contributed by atoms with Gasteiger partial charge >= 0.3 is 5.97 Å². The molecule has 1 saturated carbocycles. The molecule has 21 heavy (non-hydrogen) atoms. The maximum Gasteiger partial charge on any atom is 0.352 e. The first-order valence-electron chi connectivity index (χ1n) is 7.84. The van der Waals surface area contributed by atoms with Crippen LogP contribution in [0.3, 0.4) is 0 Å². The fraction of sp³-hybridized carbons (Fsp3) is 0.625. The highest BCUT2D eigenvalue weighted by atomic mass is 16.4. The Kier molecular flexibility index (Phi) is 3.99. The summed E-state index contributed by atoms with van der Waals surface area (Å²) >= 11 is 0. The summed E-state index contributed by atoms with van der Waals surface area (Å²) in [6.07, 6.45) is 8.80. The number of aromatic nitrogens is 1. The van der Waals surface area contributed by atoms with E-state index in [2.05, 4.69) is 0 Å². The second kappa shape index (κ2) is 5.92. The minimum absolute atomic E-state index is 0.0605. The van der Waals surface area contributed by atoms with E-state index in [1.807, 2.05) is 4.90 Å². The van der Waals surface area contributed by atoms with Crippen molar-refractivity contribution in [3.63, 3.8) is 0 Å². The lowest BCUT2D eigenvalue weighted by Crippen LogP contribution is -2.50. The van der Waals surface area contributed by atoms with Gasteiger partial charge in [-0.3, -0.25) is 4.79 Å². The zero-order chi connectivity index (χ0) is 14.8. The second-order valence-corrected chi connectivity index (χ2v) is 6.17. The zero-order valence-corrected chi connectivity index (χ0v) is 12.2. The molecule has 2 heterocycles. The number of carbonyl (C=O) groups excluding carboxylic acids is 1. The number of piperidine rings is 1. The SMILES string of the molecule is O=C(O)c1cccn1CC(=O)N1CCCC2CCCCC21. The molecule has 1 aliphatic heterocycles. The smallest absolute Gasteiger partial charge is 0.352 e. The lowest BCUT2D eigenvalue weighted by Gasteiger charge is -2.44. The molecule has 3 rings (SSSR count). The Morgan fingerprint density at radius 3 is 2.76 bits per heavy atom. The Morgan fingerprint density at radius 1 is 1.19 bits per heavy atom. The number of carboxylic acid groups (broad SMARTS) is 1. The molecular formula is C16H22N2O3. The maximum absolute atomic E-state index is 12.6. The number of carboxylic acids is 1. The second-order valence-electron chi connectivity index (χ2n) is 6.17. The van der Waals surface area contributed by atoms with Gasteiger partial charge in [0, 0.05) is 18.8 Å². The van der Waals surface area contributed by atoms with Crippen molar-refractivity contribution in [3.05, 3.63) is 24.0 Å². The molecule has 0 bridgehead atoms. The van der Waals surface area contributed by atoms with E-state index in [0.717, 1.165) is 19.4 Å². The van der Waals surface area contributed by atoms with E-state index in [4.69, 9.17) is 5.11 Å². The molecule has 0 aromatic carbocycles. The molecule has 1 amide bonds.